The number of hydrogen-bond acceptors (Lipinski definition) is 3. The molecule has 8 heteroatoms. The van der Waals surface area contributed by atoms with E-state index in [1.807, 2.05) is 0 Å². The number of likely N-dealkylation sites (tertiary alicyclic amines) is 1. The van der Waals surface area contributed by atoms with E-state index in [1.165, 1.54) is 14.7 Å². The van der Waals surface area contributed by atoms with Gasteiger partial charge in [0.15, 0.2) is 0 Å². The van der Waals surface area contributed by atoms with E-state index >= 15 is 0 Å². The summed E-state index contributed by atoms with van der Waals surface area (Å²) in [5.74, 6) is -0.560. The normalized spacial score (nSPS) is 22.0. The van der Waals surface area contributed by atoms with Crippen LogP contribution >= 0.6 is 0 Å². The number of piperidine rings is 1. The molecule has 0 saturated carbocycles. The van der Waals surface area contributed by atoms with Crippen LogP contribution in [0.3, 0.4) is 0 Å². The smallest absolute Gasteiger partial charge is 0.282 e. The maximum Gasteiger partial charge on any atom is 0.282 e. The molecule has 0 atom stereocenters. The third-order valence-corrected chi connectivity index (χ3v) is 6.72. The number of carbonyl (C=O) groups excluding carboxylic acids is 1. The van der Waals surface area contributed by atoms with Crippen molar-refractivity contribution in [2.24, 2.45) is 0 Å². The van der Waals surface area contributed by atoms with Crippen molar-refractivity contribution in [2.45, 2.75) is 32.2 Å². The summed E-state index contributed by atoms with van der Waals surface area (Å²) >= 11 is 0. The zero-order valence-electron chi connectivity index (χ0n) is 14.2. The lowest BCUT2D eigenvalue weighted by molar-refractivity contribution is -0.132. The van der Waals surface area contributed by atoms with E-state index in [0.717, 1.165) is 19.3 Å². The topological polar surface area (TPSA) is 60.9 Å². The summed E-state index contributed by atoms with van der Waals surface area (Å²) in [5.41, 5.74) is 0.343. The molecule has 1 amide bonds. The second-order valence-corrected chi connectivity index (χ2v) is 8.49. The van der Waals surface area contributed by atoms with Crippen LogP contribution in [0.2, 0.25) is 0 Å². The van der Waals surface area contributed by atoms with Crippen molar-refractivity contribution in [1.29, 1.82) is 0 Å². The highest BCUT2D eigenvalue weighted by molar-refractivity contribution is 7.86. The number of rotatable bonds is 4. The Morgan fingerprint density at radius 2 is 1.64 bits per heavy atom. The van der Waals surface area contributed by atoms with Crippen LogP contribution in [-0.2, 0) is 21.5 Å². The summed E-state index contributed by atoms with van der Waals surface area (Å²) in [4.78, 5) is 14.2. The maximum absolute atomic E-state index is 13.9. The highest BCUT2D eigenvalue weighted by atomic mass is 32.2. The van der Waals surface area contributed by atoms with Crippen molar-refractivity contribution in [3.63, 3.8) is 0 Å². The molecule has 0 unspecified atom stereocenters. The number of hydrogen-bond donors (Lipinski definition) is 0. The minimum atomic E-state index is -3.76. The number of amides is 1. The fraction of sp³-hybridized carbons (Fsp3) is 0.588. The molecule has 2 saturated heterocycles. The largest absolute Gasteiger partial charge is 0.342 e. The van der Waals surface area contributed by atoms with Gasteiger partial charge < -0.3 is 4.90 Å². The van der Waals surface area contributed by atoms with E-state index in [-0.39, 0.29) is 19.0 Å². The average Bonchev–Trinajstić information content (AvgIpc) is 2.61. The van der Waals surface area contributed by atoms with Crippen molar-refractivity contribution in [3.8, 4) is 0 Å². The molecule has 1 aromatic carbocycles. The van der Waals surface area contributed by atoms with Gasteiger partial charge in [-0.05, 0) is 31.7 Å². The maximum atomic E-state index is 13.9. The van der Waals surface area contributed by atoms with Crippen molar-refractivity contribution in [1.82, 2.24) is 13.5 Å². The van der Waals surface area contributed by atoms with Crippen molar-refractivity contribution in [2.75, 3.05) is 32.7 Å². The summed E-state index contributed by atoms with van der Waals surface area (Å²) in [6, 6.07) is 6.17. The molecule has 0 bridgehead atoms. The van der Waals surface area contributed by atoms with E-state index in [2.05, 4.69) is 0 Å². The van der Waals surface area contributed by atoms with E-state index in [0.29, 0.717) is 38.2 Å². The van der Waals surface area contributed by atoms with Crippen LogP contribution in [0.15, 0.2) is 24.3 Å². The van der Waals surface area contributed by atoms with E-state index in [4.69, 9.17) is 0 Å². The standard InChI is InChI=1S/C17H24FN3O3S/c18-16-8-3-2-7-15(16)13-20-11-6-12-21(25(20,23)24)14-17(22)19-9-4-1-5-10-19/h2-3,7-8H,1,4-6,9-14H2. The predicted molar refractivity (Wildman–Crippen MR) is 92.4 cm³/mol. The number of carbonyl (C=O) groups is 1. The quantitative estimate of drug-likeness (QED) is 0.810. The molecule has 2 aliphatic rings. The molecule has 0 radical (unpaired) electrons. The minimum Gasteiger partial charge on any atom is -0.342 e. The summed E-state index contributed by atoms with van der Waals surface area (Å²) in [5, 5.41) is 0. The minimum absolute atomic E-state index is 0.0105. The molecule has 138 valence electrons. The zero-order chi connectivity index (χ0) is 17.9. The molecule has 2 fully saturated rings. The third kappa shape index (κ3) is 4.19. The first kappa shape index (κ1) is 18.3. The second kappa shape index (κ2) is 7.80. The SMILES string of the molecule is O=C(CN1CCCN(Cc2ccccc2F)S1(=O)=O)N1CCCCC1. The van der Waals surface area contributed by atoms with Crippen molar-refractivity contribution in [3.05, 3.63) is 35.6 Å². The molecule has 25 heavy (non-hydrogen) atoms. The van der Waals surface area contributed by atoms with Crippen molar-refractivity contribution >= 4 is 16.1 Å². The molecular weight excluding hydrogens is 345 g/mol. The molecule has 0 N–H and O–H groups in total. The Morgan fingerprint density at radius 1 is 0.960 bits per heavy atom. The molecule has 0 aliphatic carbocycles. The summed E-state index contributed by atoms with van der Waals surface area (Å²) in [6.45, 7) is 1.93. The zero-order valence-corrected chi connectivity index (χ0v) is 15.0. The van der Waals surface area contributed by atoms with Crippen LogP contribution in [-0.4, -0.2) is 60.6 Å². The van der Waals surface area contributed by atoms with Gasteiger partial charge in [0.25, 0.3) is 10.2 Å². The van der Waals surface area contributed by atoms with Crippen LogP contribution in [0.4, 0.5) is 4.39 Å². The van der Waals surface area contributed by atoms with E-state index in [9.17, 15) is 17.6 Å². The van der Waals surface area contributed by atoms with Crippen LogP contribution in [0, 0.1) is 5.82 Å². The van der Waals surface area contributed by atoms with E-state index < -0.39 is 16.0 Å². The Balaban J connectivity index is 1.69. The van der Waals surface area contributed by atoms with Gasteiger partial charge in [0, 0.05) is 38.3 Å². The Bertz CT molecular complexity index is 720. The lowest BCUT2D eigenvalue weighted by atomic mass is 10.1. The summed E-state index contributed by atoms with van der Waals surface area (Å²) in [6.07, 6.45) is 3.68. The van der Waals surface area contributed by atoms with E-state index in [1.54, 1.807) is 23.1 Å². The predicted octanol–water partition coefficient (Wildman–Crippen LogP) is 1.59. The van der Waals surface area contributed by atoms with Crippen LogP contribution < -0.4 is 0 Å². The van der Waals surface area contributed by atoms with Gasteiger partial charge in [-0.25, -0.2) is 4.39 Å². The lowest BCUT2D eigenvalue weighted by Gasteiger charge is -2.36. The number of halogens is 1. The molecular formula is C17H24FN3O3S. The van der Waals surface area contributed by atoms with Crippen molar-refractivity contribution < 1.29 is 17.6 Å². The summed E-state index contributed by atoms with van der Waals surface area (Å²) < 4.78 is 42.0. The molecule has 3 rings (SSSR count). The molecule has 2 aliphatic heterocycles. The highest BCUT2D eigenvalue weighted by Gasteiger charge is 2.36. The second-order valence-electron chi connectivity index (χ2n) is 6.56. The molecule has 0 aromatic heterocycles. The fourth-order valence-electron chi connectivity index (χ4n) is 3.35. The third-order valence-electron chi connectivity index (χ3n) is 4.79. The van der Waals surface area contributed by atoms with Gasteiger partial charge in [-0.3, -0.25) is 4.79 Å². The van der Waals surface area contributed by atoms with Gasteiger partial charge in [-0.2, -0.15) is 17.0 Å². The van der Waals surface area contributed by atoms with Gasteiger partial charge in [0.2, 0.25) is 5.91 Å². The summed E-state index contributed by atoms with van der Waals surface area (Å²) in [7, 11) is -3.76. The molecule has 0 spiro atoms. The fourth-order valence-corrected chi connectivity index (χ4v) is 4.97. The lowest BCUT2D eigenvalue weighted by Crippen LogP contribution is -2.53. The van der Waals surface area contributed by atoms with Gasteiger partial charge in [0.1, 0.15) is 5.82 Å². The number of benzene rings is 1. The van der Waals surface area contributed by atoms with Gasteiger partial charge in [-0.1, -0.05) is 18.2 Å². The Labute approximate surface area is 148 Å². The Morgan fingerprint density at radius 3 is 2.36 bits per heavy atom. The van der Waals surface area contributed by atoms with Gasteiger partial charge >= 0.3 is 0 Å². The van der Waals surface area contributed by atoms with Crippen LogP contribution in [0.25, 0.3) is 0 Å². The average molecular weight is 369 g/mol. The first-order valence-electron chi connectivity index (χ1n) is 8.75. The van der Waals surface area contributed by atoms with Crippen LogP contribution in [0.5, 0.6) is 0 Å². The Kier molecular flexibility index (Phi) is 5.71. The first-order valence-corrected chi connectivity index (χ1v) is 10.1. The first-order chi connectivity index (χ1) is 12.0. The molecule has 1 aromatic rings. The molecule has 6 nitrogen and oxygen atoms in total. The van der Waals surface area contributed by atoms with Gasteiger partial charge in [0.05, 0.1) is 6.54 Å². The number of nitrogens with zero attached hydrogens (tertiary/aromatic N) is 3. The van der Waals surface area contributed by atoms with Gasteiger partial charge in [-0.15, -0.1) is 0 Å². The monoisotopic (exact) mass is 369 g/mol. The highest BCUT2D eigenvalue weighted by Crippen LogP contribution is 2.21. The Hall–Kier alpha value is -1.51. The molecule has 2 heterocycles. The van der Waals surface area contributed by atoms with Crippen LogP contribution in [0.1, 0.15) is 31.2 Å².